The van der Waals surface area contributed by atoms with Gasteiger partial charge in [0.05, 0.1) is 16.8 Å². The fraction of sp³-hybridized carbons (Fsp3) is 0.0714. The van der Waals surface area contributed by atoms with E-state index in [0.29, 0.717) is 0 Å². The second kappa shape index (κ2) is 5.77. The number of alkyl halides is 3. The first-order valence-electron chi connectivity index (χ1n) is 5.75. The highest BCUT2D eigenvalue weighted by atomic mass is 79.9. The zero-order chi connectivity index (χ0) is 15.6. The summed E-state index contributed by atoms with van der Waals surface area (Å²) in [7, 11) is 0. The quantitative estimate of drug-likeness (QED) is 0.818. The highest BCUT2D eigenvalue weighted by Gasteiger charge is 2.33. The largest absolute Gasteiger partial charge is 0.478 e. The third kappa shape index (κ3) is 3.55. The normalized spacial score (nSPS) is 11.2. The maximum absolute atomic E-state index is 12.8. The fourth-order valence-electron chi connectivity index (χ4n) is 1.75. The Kier molecular flexibility index (Phi) is 4.22. The van der Waals surface area contributed by atoms with Crippen molar-refractivity contribution in [1.29, 1.82) is 0 Å². The average molecular weight is 360 g/mol. The summed E-state index contributed by atoms with van der Waals surface area (Å²) in [6.07, 6.45) is -4.50. The number of carbonyl (C=O) groups is 1. The van der Waals surface area contributed by atoms with Crippen molar-refractivity contribution in [1.82, 2.24) is 0 Å². The van der Waals surface area contributed by atoms with Gasteiger partial charge < -0.3 is 10.4 Å². The van der Waals surface area contributed by atoms with Gasteiger partial charge in [-0.05, 0) is 30.3 Å². The van der Waals surface area contributed by atoms with E-state index < -0.39 is 17.7 Å². The van der Waals surface area contributed by atoms with Crippen LogP contribution in [-0.4, -0.2) is 11.1 Å². The zero-order valence-electron chi connectivity index (χ0n) is 10.4. The van der Waals surface area contributed by atoms with E-state index in [1.807, 2.05) is 0 Å². The molecule has 2 N–H and O–H groups in total. The van der Waals surface area contributed by atoms with Gasteiger partial charge in [0.15, 0.2) is 0 Å². The lowest BCUT2D eigenvalue weighted by molar-refractivity contribution is -0.138. The van der Waals surface area contributed by atoms with Crippen LogP contribution in [0.15, 0.2) is 46.9 Å². The maximum atomic E-state index is 12.8. The summed E-state index contributed by atoms with van der Waals surface area (Å²) in [5.41, 5.74) is -0.478. The third-order valence-electron chi connectivity index (χ3n) is 2.71. The van der Waals surface area contributed by atoms with Crippen LogP contribution in [0, 0.1) is 0 Å². The lowest BCUT2D eigenvalue weighted by Crippen LogP contribution is -2.07. The monoisotopic (exact) mass is 359 g/mol. The van der Waals surface area contributed by atoms with Crippen molar-refractivity contribution in [3.05, 3.63) is 58.1 Å². The Morgan fingerprint density at radius 3 is 2.43 bits per heavy atom. The molecule has 3 nitrogen and oxygen atoms in total. The topological polar surface area (TPSA) is 49.3 Å². The molecule has 2 rings (SSSR count). The summed E-state index contributed by atoms with van der Waals surface area (Å²) < 4.78 is 38.4. The molecule has 0 amide bonds. The summed E-state index contributed by atoms with van der Waals surface area (Å²) in [6.45, 7) is 0. The van der Waals surface area contributed by atoms with Gasteiger partial charge in [0.1, 0.15) is 0 Å². The van der Waals surface area contributed by atoms with Gasteiger partial charge in [-0.15, -0.1) is 0 Å². The Morgan fingerprint density at radius 2 is 1.81 bits per heavy atom. The van der Waals surface area contributed by atoms with E-state index in [9.17, 15) is 18.0 Å². The second-order valence-corrected chi connectivity index (χ2v) is 5.02. The molecule has 0 saturated carbocycles. The Hall–Kier alpha value is -2.02. The van der Waals surface area contributed by atoms with Crippen molar-refractivity contribution in [2.24, 2.45) is 0 Å². The summed E-state index contributed by atoms with van der Waals surface area (Å²) in [4.78, 5) is 11.1. The molecule has 21 heavy (non-hydrogen) atoms. The molecule has 0 spiro atoms. The first-order valence-corrected chi connectivity index (χ1v) is 6.54. The molecule has 0 saturated heterocycles. The lowest BCUT2D eigenvalue weighted by atomic mass is 10.1. The molecule has 0 heterocycles. The summed E-state index contributed by atoms with van der Waals surface area (Å²) in [5.74, 6) is -1.16. The number of hydrogen-bond acceptors (Lipinski definition) is 2. The van der Waals surface area contributed by atoms with Crippen LogP contribution in [0.1, 0.15) is 15.9 Å². The van der Waals surface area contributed by atoms with Crippen LogP contribution in [0.5, 0.6) is 0 Å². The number of para-hydroxylation sites is 1. The predicted octanol–water partition coefficient (Wildman–Crippen LogP) is 4.91. The number of nitrogens with one attached hydrogen (secondary N) is 1. The van der Waals surface area contributed by atoms with Gasteiger partial charge in [0.25, 0.3) is 0 Å². The van der Waals surface area contributed by atoms with Gasteiger partial charge in [-0.2, -0.15) is 13.2 Å². The Bertz CT molecular complexity index is 686. The average Bonchev–Trinajstić information content (AvgIpc) is 2.40. The number of benzene rings is 2. The molecule has 0 unspecified atom stereocenters. The van der Waals surface area contributed by atoms with Crippen molar-refractivity contribution < 1.29 is 23.1 Å². The summed E-state index contributed by atoms with van der Waals surface area (Å²) in [6, 6.07) is 9.60. The van der Waals surface area contributed by atoms with Crippen molar-refractivity contribution in [2.75, 3.05) is 5.32 Å². The summed E-state index contributed by atoms with van der Waals surface area (Å²) >= 11 is 2.85. The molecule has 0 fully saturated rings. The molecule has 2 aromatic rings. The fourth-order valence-corrected chi connectivity index (χ4v) is 2.23. The van der Waals surface area contributed by atoms with Crippen LogP contribution in [0.3, 0.4) is 0 Å². The third-order valence-corrected chi connectivity index (χ3v) is 3.40. The van der Waals surface area contributed by atoms with E-state index in [2.05, 4.69) is 21.2 Å². The highest BCUT2D eigenvalue weighted by Crippen LogP contribution is 2.37. The van der Waals surface area contributed by atoms with Crippen LogP contribution in [0.4, 0.5) is 24.5 Å². The molecule has 0 aliphatic heterocycles. The maximum Gasteiger partial charge on any atom is 0.417 e. The minimum Gasteiger partial charge on any atom is -0.478 e. The molecule has 110 valence electrons. The number of carboxylic acids is 1. The van der Waals surface area contributed by atoms with Crippen molar-refractivity contribution in [3.63, 3.8) is 0 Å². The molecule has 2 aromatic carbocycles. The first kappa shape index (κ1) is 15.4. The van der Waals surface area contributed by atoms with E-state index in [0.717, 1.165) is 6.07 Å². The number of hydrogen-bond donors (Lipinski definition) is 2. The van der Waals surface area contributed by atoms with Gasteiger partial charge in [0, 0.05) is 10.2 Å². The Labute approximate surface area is 126 Å². The molecule has 7 heteroatoms. The van der Waals surface area contributed by atoms with Crippen molar-refractivity contribution in [2.45, 2.75) is 6.18 Å². The molecule has 0 aromatic heterocycles. The predicted molar refractivity (Wildman–Crippen MR) is 75.8 cm³/mol. The molecule has 0 aliphatic rings. The van der Waals surface area contributed by atoms with E-state index in [1.54, 1.807) is 6.07 Å². The number of rotatable bonds is 3. The SMILES string of the molecule is O=C(O)c1ccccc1Nc1ccc(Br)c(C(F)(F)F)c1. The van der Waals surface area contributed by atoms with Gasteiger partial charge in [-0.3, -0.25) is 0 Å². The van der Waals surface area contributed by atoms with E-state index in [4.69, 9.17) is 5.11 Å². The molecule has 0 atom stereocenters. The van der Waals surface area contributed by atoms with Crippen LogP contribution in [0.2, 0.25) is 0 Å². The van der Waals surface area contributed by atoms with E-state index in [-0.39, 0.29) is 21.4 Å². The summed E-state index contributed by atoms with van der Waals surface area (Å²) in [5, 5.41) is 11.7. The zero-order valence-corrected chi connectivity index (χ0v) is 12.0. The van der Waals surface area contributed by atoms with Crippen LogP contribution in [0.25, 0.3) is 0 Å². The number of aromatic carboxylic acids is 1. The van der Waals surface area contributed by atoms with Crippen molar-refractivity contribution >= 4 is 33.3 Å². The van der Waals surface area contributed by atoms with Crippen LogP contribution < -0.4 is 5.32 Å². The molecule has 0 bridgehead atoms. The molecule has 0 aliphatic carbocycles. The number of carboxylic acid groups (broad SMARTS) is 1. The Morgan fingerprint density at radius 1 is 1.14 bits per heavy atom. The number of halogens is 4. The van der Waals surface area contributed by atoms with Gasteiger partial charge in [-0.1, -0.05) is 28.1 Å². The first-order chi connectivity index (χ1) is 9.79. The van der Waals surface area contributed by atoms with Gasteiger partial charge in [0.2, 0.25) is 0 Å². The molecule has 0 radical (unpaired) electrons. The van der Waals surface area contributed by atoms with Gasteiger partial charge in [-0.25, -0.2) is 4.79 Å². The van der Waals surface area contributed by atoms with Crippen LogP contribution >= 0.6 is 15.9 Å². The van der Waals surface area contributed by atoms with Crippen molar-refractivity contribution in [3.8, 4) is 0 Å². The van der Waals surface area contributed by atoms with Crippen LogP contribution in [-0.2, 0) is 6.18 Å². The van der Waals surface area contributed by atoms with E-state index in [1.165, 1.54) is 30.3 Å². The standard InChI is InChI=1S/C14H9BrF3NO2/c15-11-6-5-8(7-10(11)14(16,17)18)19-12-4-2-1-3-9(12)13(20)21/h1-7,19H,(H,20,21). The van der Waals surface area contributed by atoms with Gasteiger partial charge >= 0.3 is 12.1 Å². The molecular formula is C14H9BrF3NO2. The highest BCUT2D eigenvalue weighted by molar-refractivity contribution is 9.10. The number of anilines is 2. The lowest BCUT2D eigenvalue weighted by Gasteiger charge is -2.13. The van der Waals surface area contributed by atoms with E-state index >= 15 is 0 Å². The molecular weight excluding hydrogens is 351 g/mol. The second-order valence-electron chi connectivity index (χ2n) is 4.17. The minimum atomic E-state index is -4.50. The minimum absolute atomic E-state index is 0.0195. The Balaban J connectivity index is 2.40. The smallest absolute Gasteiger partial charge is 0.417 e.